The standard InChI is InChI=1S/C30H24OP/c1-4-15-26(16-5-1)32(27-17-6-2-7-18-27,28-19-8-3-9-20-28)24-23-31-30-22-12-14-25-13-10-11-21-29(25)30/h1-24H/q+1/b24-23+. The van der Waals surface area contributed by atoms with E-state index >= 15 is 0 Å². The molecule has 0 atom stereocenters. The average Bonchev–Trinajstić information content (AvgIpc) is 2.88. The molecule has 1 nitrogen and oxygen atoms in total. The van der Waals surface area contributed by atoms with E-state index in [0.717, 1.165) is 11.1 Å². The quantitative estimate of drug-likeness (QED) is 0.215. The van der Waals surface area contributed by atoms with Gasteiger partial charge in [0.15, 0.2) is 0 Å². The molecule has 5 aromatic carbocycles. The minimum absolute atomic E-state index is 0.867. The van der Waals surface area contributed by atoms with Gasteiger partial charge >= 0.3 is 0 Å². The van der Waals surface area contributed by atoms with Crippen molar-refractivity contribution < 1.29 is 4.74 Å². The molecule has 0 radical (unpaired) electrons. The Morgan fingerprint density at radius 1 is 0.469 bits per heavy atom. The molecular formula is C30H24OP+. The molecule has 0 unspecified atom stereocenters. The van der Waals surface area contributed by atoms with Crippen molar-refractivity contribution in [2.45, 2.75) is 0 Å². The molecule has 0 aromatic heterocycles. The van der Waals surface area contributed by atoms with Crippen LogP contribution in [0.15, 0.2) is 146 Å². The van der Waals surface area contributed by atoms with E-state index in [0.29, 0.717) is 0 Å². The first-order chi connectivity index (χ1) is 15.9. The Labute approximate surface area is 190 Å². The van der Waals surface area contributed by atoms with Crippen molar-refractivity contribution in [2.24, 2.45) is 0 Å². The van der Waals surface area contributed by atoms with E-state index in [1.165, 1.54) is 21.3 Å². The molecule has 0 aliphatic carbocycles. The second-order valence-corrected chi connectivity index (χ2v) is 10.9. The summed E-state index contributed by atoms with van der Waals surface area (Å²) in [6, 6.07) is 46.8. The minimum Gasteiger partial charge on any atom is -0.461 e. The van der Waals surface area contributed by atoms with E-state index in [1.54, 1.807) is 0 Å². The van der Waals surface area contributed by atoms with Crippen LogP contribution in [0, 0.1) is 0 Å². The summed E-state index contributed by atoms with van der Waals surface area (Å²) in [5.74, 6) is 3.15. The highest BCUT2D eigenvalue weighted by atomic mass is 31.2. The van der Waals surface area contributed by atoms with E-state index in [9.17, 15) is 0 Å². The molecule has 0 amide bonds. The Balaban J connectivity index is 1.66. The van der Waals surface area contributed by atoms with Crippen molar-refractivity contribution in [3.63, 3.8) is 0 Å². The third kappa shape index (κ3) is 3.84. The zero-order chi connectivity index (χ0) is 21.6. The highest BCUT2D eigenvalue weighted by molar-refractivity contribution is 7.98. The average molecular weight is 431 g/mol. The number of ether oxygens (including phenoxy) is 1. The molecule has 0 saturated heterocycles. The van der Waals surface area contributed by atoms with Gasteiger partial charge in [-0.1, -0.05) is 91.0 Å². The lowest BCUT2D eigenvalue weighted by Crippen LogP contribution is -2.29. The monoisotopic (exact) mass is 431 g/mol. The number of benzene rings is 5. The van der Waals surface area contributed by atoms with Crippen LogP contribution in [0.1, 0.15) is 0 Å². The van der Waals surface area contributed by atoms with Crippen LogP contribution in [0.2, 0.25) is 0 Å². The van der Waals surface area contributed by atoms with Gasteiger partial charge in [-0.2, -0.15) is 0 Å². The smallest absolute Gasteiger partial charge is 0.140 e. The summed E-state index contributed by atoms with van der Waals surface area (Å²) in [5, 5.41) is 6.19. The zero-order valence-corrected chi connectivity index (χ0v) is 18.6. The Morgan fingerprint density at radius 2 is 0.938 bits per heavy atom. The van der Waals surface area contributed by atoms with Crippen LogP contribution in [0.3, 0.4) is 0 Å². The molecule has 0 aliphatic heterocycles. The van der Waals surface area contributed by atoms with Crippen LogP contribution < -0.4 is 20.7 Å². The number of rotatable bonds is 6. The first-order valence-electron chi connectivity index (χ1n) is 10.8. The molecule has 0 heterocycles. The molecule has 0 aliphatic rings. The lowest BCUT2D eigenvalue weighted by molar-refractivity contribution is 0.488. The largest absolute Gasteiger partial charge is 0.461 e. The number of hydrogen-bond donors (Lipinski definition) is 0. The van der Waals surface area contributed by atoms with E-state index in [2.05, 4.69) is 121 Å². The predicted molar refractivity (Wildman–Crippen MR) is 139 cm³/mol. The summed E-state index contributed by atoms with van der Waals surface area (Å²) in [7, 11) is -2.06. The third-order valence-corrected chi connectivity index (χ3v) is 9.63. The van der Waals surface area contributed by atoms with E-state index in [1.807, 2.05) is 24.5 Å². The molecule has 0 spiro atoms. The summed E-state index contributed by atoms with van der Waals surface area (Å²) in [5.41, 5.74) is 0. The molecule has 5 aromatic rings. The van der Waals surface area contributed by atoms with E-state index in [-0.39, 0.29) is 0 Å². The fourth-order valence-corrected chi connectivity index (χ4v) is 7.77. The Morgan fingerprint density at radius 3 is 1.50 bits per heavy atom. The summed E-state index contributed by atoms with van der Waals surface area (Å²) in [6.45, 7) is 0. The lowest BCUT2D eigenvalue weighted by Gasteiger charge is -2.23. The Bertz CT molecular complexity index is 1230. The van der Waals surface area contributed by atoms with Crippen LogP contribution in [0.4, 0.5) is 0 Å². The van der Waals surface area contributed by atoms with Crippen molar-refractivity contribution in [3.05, 3.63) is 146 Å². The maximum absolute atomic E-state index is 6.29. The molecule has 5 rings (SSSR count). The van der Waals surface area contributed by atoms with E-state index < -0.39 is 7.26 Å². The highest BCUT2D eigenvalue weighted by Gasteiger charge is 2.43. The van der Waals surface area contributed by atoms with Crippen molar-refractivity contribution in [3.8, 4) is 5.75 Å². The molecule has 32 heavy (non-hydrogen) atoms. The predicted octanol–water partition coefficient (Wildman–Crippen LogP) is 6.68. The minimum atomic E-state index is -2.06. The zero-order valence-electron chi connectivity index (χ0n) is 17.7. The van der Waals surface area contributed by atoms with Gasteiger partial charge in [0.2, 0.25) is 0 Å². The van der Waals surface area contributed by atoms with Crippen LogP contribution in [0.25, 0.3) is 10.8 Å². The van der Waals surface area contributed by atoms with Crippen LogP contribution in [0.5, 0.6) is 5.75 Å². The van der Waals surface area contributed by atoms with Gasteiger partial charge in [0.05, 0.1) is 0 Å². The van der Waals surface area contributed by atoms with Crippen LogP contribution in [-0.2, 0) is 0 Å². The number of hydrogen-bond acceptors (Lipinski definition) is 1. The second kappa shape index (κ2) is 9.22. The maximum Gasteiger partial charge on any atom is 0.140 e. The first kappa shape index (κ1) is 20.2. The fourth-order valence-electron chi connectivity index (χ4n) is 4.19. The summed E-state index contributed by atoms with van der Waals surface area (Å²) >= 11 is 0. The van der Waals surface area contributed by atoms with Gasteiger partial charge in [0.1, 0.15) is 41.0 Å². The molecular weight excluding hydrogens is 407 g/mol. The van der Waals surface area contributed by atoms with Gasteiger partial charge in [-0.25, -0.2) is 0 Å². The summed E-state index contributed by atoms with van der Waals surface area (Å²) < 4.78 is 6.29. The SMILES string of the molecule is C(=C\[P+](c1ccccc1)(c1ccccc1)c1ccccc1)/Oc1cccc2ccccc12. The van der Waals surface area contributed by atoms with Gasteiger partial charge in [-0.05, 0) is 47.9 Å². The maximum atomic E-state index is 6.29. The molecule has 0 fully saturated rings. The van der Waals surface area contributed by atoms with Crippen LogP contribution in [-0.4, -0.2) is 0 Å². The molecule has 154 valence electrons. The second-order valence-electron chi connectivity index (χ2n) is 7.61. The van der Waals surface area contributed by atoms with Crippen molar-refractivity contribution in [1.82, 2.24) is 0 Å². The van der Waals surface area contributed by atoms with Gasteiger partial charge < -0.3 is 4.74 Å². The Kier molecular flexibility index (Phi) is 5.83. The highest BCUT2D eigenvalue weighted by Crippen LogP contribution is 2.56. The van der Waals surface area contributed by atoms with Gasteiger partial charge in [-0.15, -0.1) is 0 Å². The fraction of sp³-hybridized carbons (Fsp3) is 0. The third-order valence-electron chi connectivity index (χ3n) is 5.72. The topological polar surface area (TPSA) is 9.23 Å². The van der Waals surface area contributed by atoms with Crippen molar-refractivity contribution in [2.75, 3.05) is 0 Å². The molecule has 0 bridgehead atoms. The van der Waals surface area contributed by atoms with Crippen molar-refractivity contribution in [1.29, 1.82) is 0 Å². The van der Waals surface area contributed by atoms with Gasteiger partial charge in [-0.3, -0.25) is 0 Å². The summed E-state index contributed by atoms with van der Waals surface area (Å²) in [4.78, 5) is 0. The van der Waals surface area contributed by atoms with Crippen molar-refractivity contribution >= 4 is 33.9 Å². The summed E-state index contributed by atoms with van der Waals surface area (Å²) in [6.07, 6.45) is 1.89. The van der Waals surface area contributed by atoms with Gasteiger partial charge in [0, 0.05) is 5.39 Å². The van der Waals surface area contributed by atoms with E-state index in [4.69, 9.17) is 4.74 Å². The first-order valence-corrected chi connectivity index (χ1v) is 12.6. The van der Waals surface area contributed by atoms with Gasteiger partial charge in [0.25, 0.3) is 0 Å². The Hall–Kier alpha value is -3.67. The molecule has 2 heteroatoms. The van der Waals surface area contributed by atoms with Crippen LogP contribution >= 0.6 is 7.26 Å². The number of fused-ring (bicyclic) bond motifs is 1. The molecule has 0 N–H and O–H groups in total. The normalized spacial score (nSPS) is 11.6. The lowest BCUT2D eigenvalue weighted by atomic mass is 10.1. The molecule has 0 saturated carbocycles.